The van der Waals surface area contributed by atoms with Crippen molar-refractivity contribution in [2.45, 2.75) is 5.92 Å². The van der Waals surface area contributed by atoms with E-state index >= 15 is 0 Å². The Bertz CT molecular complexity index is 5680. The number of nitriles is 2. The van der Waals surface area contributed by atoms with Crippen LogP contribution in [0, 0.1) is 142 Å². The molecule has 0 saturated heterocycles. The van der Waals surface area contributed by atoms with Crippen LogP contribution in [0.2, 0.25) is 0 Å². The lowest BCUT2D eigenvalue weighted by molar-refractivity contribution is 0.410. The van der Waals surface area contributed by atoms with E-state index in [9.17, 15) is 80.8 Å². The quantitative estimate of drug-likeness (QED) is 0.0509. The second kappa shape index (κ2) is 22.4. The molecule has 7 aromatic heterocycles. The zero-order chi connectivity index (χ0) is 68.4. The summed E-state index contributed by atoms with van der Waals surface area (Å²) in [5.41, 5.74) is -9.97. The first-order chi connectivity index (χ1) is 45.9. The van der Waals surface area contributed by atoms with Gasteiger partial charge in [-0.25, -0.2) is 108 Å². The normalized spacial score (nSPS) is 12.0. The number of hydrogen-bond acceptors (Lipinski definition) is 19. The molecule has 0 aliphatic carbocycles. The molecule has 1 atom stereocenters. The third-order valence-corrected chi connectivity index (χ3v) is 13.3. The van der Waals surface area contributed by atoms with E-state index in [1.165, 1.54) is 24.3 Å². The highest BCUT2D eigenvalue weighted by Gasteiger charge is 2.34. The van der Waals surface area contributed by atoms with Crippen molar-refractivity contribution in [3.8, 4) is 59.0 Å². The number of allylic oxidation sites excluding steroid dienone is 1. The van der Waals surface area contributed by atoms with Gasteiger partial charge in [-0.05, 0) is 24.3 Å². The average molecular weight is 1330 g/mol. The van der Waals surface area contributed by atoms with Crippen LogP contribution in [0.1, 0.15) is 23.4 Å². The van der Waals surface area contributed by atoms with Gasteiger partial charge in [0.2, 0.25) is 69.8 Å². The first-order valence-corrected chi connectivity index (χ1v) is 25.1. The van der Waals surface area contributed by atoms with Crippen LogP contribution in [-0.2, 0) is 0 Å². The fourth-order valence-corrected chi connectivity index (χ4v) is 8.92. The molecule has 0 amide bonds. The van der Waals surface area contributed by atoms with Gasteiger partial charge in [0, 0.05) is 0 Å². The minimum absolute atomic E-state index is 0.0439. The Morgan fingerprint density at radius 1 is 0.396 bits per heavy atom. The third kappa shape index (κ3) is 9.40. The molecule has 0 bridgehead atoms. The summed E-state index contributed by atoms with van der Waals surface area (Å²) in [6, 6.07) is 8.49. The summed E-state index contributed by atoms with van der Waals surface area (Å²) in [5.74, 6) is -44.2. The number of aromatic amines is 1. The SMILES string of the molecule is [C-]#[N+]c1cc2c(cc1[N+]#[C-])=NC(=C(C#N)c1nc(-c3nc4c(F)c(F)c(F)c(F)c4o3)nc(-c3nc4c(F)c(F)c(F)c(F)c4o3)n1)N=2.[C-]#[N+]c1cc2nc(C(C#N)c3nc(-c4nc5c(F)c(F)c(F)c(F)c5o4)nc(-c4nc5c(F)c(F)c(F)c(F)c5o4)n3)[nH]c2cc1[N+]#[C-]. The molecule has 466 valence electrons. The molecule has 1 aliphatic heterocycles. The molecule has 14 rings (SSSR count). The number of nitrogens with zero attached hydrogens (tertiary/aromatic N) is 19. The van der Waals surface area contributed by atoms with Crippen molar-refractivity contribution in [1.82, 2.24) is 59.8 Å². The van der Waals surface area contributed by atoms with E-state index in [0.29, 0.717) is 0 Å². The number of oxazole rings is 4. The van der Waals surface area contributed by atoms with Gasteiger partial charge in [0.25, 0.3) is 23.6 Å². The highest BCUT2D eigenvalue weighted by molar-refractivity contribution is 5.89. The zero-order valence-corrected chi connectivity index (χ0v) is 45.1. The summed E-state index contributed by atoms with van der Waals surface area (Å²) in [5, 5.41) is 20.3. The van der Waals surface area contributed by atoms with Gasteiger partial charge in [0.05, 0.1) is 54.1 Å². The number of imidazole rings is 1. The minimum Gasteiger partial charge on any atom is -0.430 e. The van der Waals surface area contributed by atoms with Crippen molar-refractivity contribution in [3.63, 3.8) is 0 Å². The lowest BCUT2D eigenvalue weighted by Gasteiger charge is -2.07. The maximum atomic E-state index is 14.5. The van der Waals surface area contributed by atoms with E-state index in [4.69, 9.17) is 44.0 Å². The highest BCUT2D eigenvalue weighted by Crippen LogP contribution is 2.39. The number of rotatable bonds is 7. The topological polar surface area (TPSA) is 300 Å². The Labute approximate surface area is 512 Å². The summed E-state index contributed by atoms with van der Waals surface area (Å²) in [6.07, 6.45) is 0. The lowest BCUT2D eigenvalue weighted by atomic mass is 10.1. The first kappa shape index (κ1) is 60.7. The number of halogens is 16. The number of fused-ring (bicyclic) bond motifs is 6. The monoisotopic (exact) mass is 1330 g/mol. The Morgan fingerprint density at radius 2 is 0.719 bits per heavy atom. The Kier molecular flexibility index (Phi) is 14.1. The fourth-order valence-electron chi connectivity index (χ4n) is 8.92. The number of nitrogens with one attached hydrogen (secondary N) is 1. The average Bonchev–Trinajstić information content (AvgIpc) is 1.61. The number of H-pyrrole nitrogens is 1. The molecule has 8 heterocycles. The van der Waals surface area contributed by atoms with Gasteiger partial charge in [0.1, 0.15) is 17.5 Å². The second-order valence-electron chi connectivity index (χ2n) is 18.8. The van der Waals surface area contributed by atoms with Crippen LogP contribution in [0.4, 0.5) is 93.0 Å². The maximum Gasteiger partial charge on any atom is 0.266 e. The predicted octanol–water partition coefficient (Wildman–Crippen LogP) is 13.1. The molecule has 0 saturated carbocycles. The number of aromatic nitrogens is 12. The number of hydrogen-bond donors (Lipinski definition) is 1. The van der Waals surface area contributed by atoms with Crippen molar-refractivity contribution in [3.05, 3.63) is 197 Å². The second-order valence-corrected chi connectivity index (χ2v) is 18.8. The molecular weight excluding hydrogens is 1320 g/mol. The lowest BCUT2D eigenvalue weighted by Crippen LogP contribution is -2.20. The van der Waals surface area contributed by atoms with Crippen LogP contribution < -0.4 is 10.7 Å². The van der Waals surface area contributed by atoms with Gasteiger partial charge in [-0.15, -0.1) is 0 Å². The van der Waals surface area contributed by atoms with Crippen LogP contribution >= 0.6 is 0 Å². The summed E-state index contributed by atoms with van der Waals surface area (Å²) in [4.78, 5) is 66.1. The highest BCUT2D eigenvalue weighted by atomic mass is 19.2. The smallest absolute Gasteiger partial charge is 0.266 e. The summed E-state index contributed by atoms with van der Waals surface area (Å²) >= 11 is 0. The van der Waals surface area contributed by atoms with Gasteiger partial charge in [-0.2, -0.15) is 38.1 Å². The predicted molar refractivity (Wildman–Crippen MR) is 281 cm³/mol. The molecule has 40 heteroatoms. The van der Waals surface area contributed by atoms with Gasteiger partial charge < -0.3 is 22.7 Å². The standard InChI is InChI=1S/C28H4F8N10O2.C28H2F8N10O2/c2*1-38-7-3-9-10(4-8(7)39-2)41-23(40-9)6(5-37)24-44-25(27-42-19-15(33)11(29)13(31)17(35)21(19)47-27)46-26(45-24)28-43-20-16(34)12(30)14(32)18(36)22(20)48-28/h3-4,6H,(H,40,41);3-4H. The third-order valence-electron chi connectivity index (χ3n) is 13.3. The molecule has 1 N–H and O–H groups in total. The molecule has 1 aliphatic rings. The Morgan fingerprint density at radius 3 is 1.05 bits per heavy atom. The van der Waals surface area contributed by atoms with Crippen LogP contribution in [0.15, 0.2) is 57.7 Å². The molecule has 0 fully saturated rings. The largest absolute Gasteiger partial charge is 0.430 e. The summed E-state index contributed by atoms with van der Waals surface area (Å²) in [6.45, 7) is 29.1. The Hall–Kier alpha value is -14.2. The molecule has 24 nitrogen and oxygen atoms in total. The molecule has 96 heavy (non-hydrogen) atoms. The molecular formula is C56H6F16N20O4. The number of benzene rings is 6. The molecule has 0 radical (unpaired) electrons. The molecule has 0 spiro atoms. The van der Waals surface area contributed by atoms with Crippen molar-refractivity contribution in [1.29, 1.82) is 10.5 Å². The summed E-state index contributed by atoms with van der Waals surface area (Å²) in [7, 11) is 0. The molecule has 6 aromatic carbocycles. The van der Waals surface area contributed by atoms with E-state index < -0.39 is 213 Å². The van der Waals surface area contributed by atoms with E-state index in [2.05, 4.69) is 89.2 Å². The van der Waals surface area contributed by atoms with Crippen molar-refractivity contribution in [2.75, 3.05) is 0 Å². The molecule has 1 unspecified atom stereocenters. The zero-order valence-electron chi connectivity index (χ0n) is 45.1. The van der Waals surface area contributed by atoms with Crippen LogP contribution in [0.5, 0.6) is 0 Å². The van der Waals surface area contributed by atoms with Gasteiger partial charge in [-0.1, -0.05) is 0 Å². The first-order valence-electron chi connectivity index (χ1n) is 25.1. The molecule has 13 aromatic rings. The minimum atomic E-state index is -2.24. The van der Waals surface area contributed by atoms with Gasteiger partial charge in [-0.3, -0.25) is 19.4 Å². The van der Waals surface area contributed by atoms with E-state index in [-0.39, 0.29) is 50.3 Å². The Balaban J connectivity index is 0.000000174. The fraction of sp³-hybridized carbons (Fsp3) is 0.0179. The van der Waals surface area contributed by atoms with Crippen molar-refractivity contribution >= 4 is 83.8 Å². The van der Waals surface area contributed by atoms with Crippen LogP contribution in [-0.4, -0.2) is 59.8 Å². The van der Waals surface area contributed by atoms with Crippen LogP contribution in [0.3, 0.4) is 0 Å². The van der Waals surface area contributed by atoms with Crippen molar-refractivity contribution < 1.29 is 87.9 Å². The van der Waals surface area contributed by atoms with E-state index in [1.54, 1.807) is 6.07 Å². The summed E-state index contributed by atoms with van der Waals surface area (Å²) < 4.78 is 247. The van der Waals surface area contributed by atoms with Gasteiger partial charge in [0.15, 0.2) is 137 Å². The van der Waals surface area contributed by atoms with E-state index in [1.807, 2.05) is 6.07 Å². The maximum absolute atomic E-state index is 14.5. The van der Waals surface area contributed by atoms with Crippen LogP contribution in [0.25, 0.3) is 127 Å². The van der Waals surface area contributed by atoms with Crippen molar-refractivity contribution in [2.24, 2.45) is 9.98 Å². The van der Waals surface area contributed by atoms with Gasteiger partial charge >= 0.3 is 0 Å². The van der Waals surface area contributed by atoms with E-state index in [0.717, 1.165) is 0 Å².